The summed E-state index contributed by atoms with van der Waals surface area (Å²) in [5, 5.41) is 19.8. The normalized spacial score (nSPS) is 10.7. The fraction of sp³-hybridized carbons (Fsp3) is 0. The quantitative estimate of drug-likeness (QED) is 0.778. The van der Waals surface area contributed by atoms with Gasteiger partial charge in [-0.1, -0.05) is 34.8 Å². The van der Waals surface area contributed by atoms with Crippen LogP contribution >= 0.6 is 34.8 Å². The molecule has 0 unspecified atom stereocenters. The molecule has 0 amide bonds. The van der Waals surface area contributed by atoms with Crippen LogP contribution in [0.2, 0.25) is 15.1 Å². The lowest BCUT2D eigenvalue weighted by Gasteiger charge is -2.09. The molecule has 0 spiro atoms. The van der Waals surface area contributed by atoms with Crippen molar-refractivity contribution in [1.29, 1.82) is 0 Å². The van der Waals surface area contributed by atoms with Crippen LogP contribution in [0.4, 0.5) is 0 Å². The average molecular weight is 279 g/mol. The Hall–Kier alpha value is -1.03. The predicted molar refractivity (Wildman–Crippen MR) is 64.1 cm³/mol. The molecule has 0 atom stereocenters. The van der Waals surface area contributed by atoms with Gasteiger partial charge in [0, 0.05) is 12.1 Å². The molecule has 2 rings (SSSR count). The van der Waals surface area contributed by atoms with E-state index in [1.165, 1.54) is 28.8 Å². The van der Waals surface area contributed by atoms with Crippen LogP contribution in [0.25, 0.3) is 5.69 Å². The van der Waals surface area contributed by atoms with Crippen molar-refractivity contribution in [2.24, 2.45) is 0 Å². The van der Waals surface area contributed by atoms with E-state index in [0.29, 0.717) is 5.69 Å². The lowest BCUT2D eigenvalue weighted by Crippen LogP contribution is -1.92. The highest BCUT2D eigenvalue weighted by Gasteiger charge is 2.12. The zero-order chi connectivity index (χ0) is 11.9. The molecule has 0 fully saturated rings. The second kappa shape index (κ2) is 4.09. The fourth-order valence-electron chi connectivity index (χ4n) is 1.35. The molecule has 1 heterocycles. The van der Waals surface area contributed by atoms with Gasteiger partial charge in [0.1, 0.15) is 0 Å². The second-order valence-electron chi connectivity index (χ2n) is 3.11. The van der Waals surface area contributed by atoms with Crippen molar-refractivity contribution in [2.75, 3.05) is 0 Å². The summed E-state index contributed by atoms with van der Waals surface area (Å²) in [6, 6.07) is 5.70. The zero-order valence-corrected chi connectivity index (χ0v) is 10.1. The number of nitrogens with zero attached hydrogens (tertiary/aromatic N) is 1. The molecule has 3 nitrogen and oxygen atoms in total. The van der Waals surface area contributed by atoms with Crippen molar-refractivity contribution < 1.29 is 10.2 Å². The maximum absolute atomic E-state index is 9.52. The van der Waals surface area contributed by atoms with Crippen LogP contribution in [0, 0.1) is 0 Å². The van der Waals surface area contributed by atoms with Gasteiger partial charge in [0.15, 0.2) is 11.8 Å². The molecule has 0 saturated carbocycles. The Labute approximate surface area is 106 Å². The van der Waals surface area contributed by atoms with Crippen LogP contribution in [-0.2, 0) is 0 Å². The van der Waals surface area contributed by atoms with Crippen molar-refractivity contribution >= 4 is 34.8 Å². The smallest absolute Gasteiger partial charge is 0.198 e. The highest BCUT2D eigenvalue weighted by Crippen LogP contribution is 2.35. The Morgan fingerprint density at radius 3 is 1.75 bits per heavy atom. The van der Waals surface area contributed by atoms with Gasteiger partial charge in [0.25, 0.3) is 0 Å². The first kappa shape index (κ1) is 11.5. The second-order valence-corrected chi connectivity index (χ2v) is 4.30. The summed E-state index contributed by atoms with van der Waals surface area (Å²) in [7, 11) is 0. The van der Waals surface area contributed by atoms with Crippen LogP contribution < -0.4 is 0 Å². The van der Waals surface area contributed by atoms with Gasteiger partial charge >= 0.3 is 0 Å². The fourth-order valence-corrected chi connectivity index (χ4v) is 1.94. The molecule has 1 aromatic heterocycles. The monoisotopic (exact) mass is 277 g/mol. The molecule has 0 aliphatic heterocycles. The third-order valence-electron chi connectivity index (χ3n) is 2.07. The molecule has 0 saturated heterocycles. The summed E-state index contributed by atoms with van der Waals surface area (Å²) in [5.41, 5.74) is 0.430. The van der Waals surface area contributed by atoms with Crippen LogP contribution in [0.3, 0.4) is 0 Å². The highest BCUT2D eigenvalue weighted by molar-refractivity contribution is 6.48. The molecule has 0 radical (unpaired) electrons. The summed E-state index contributed by atoms with van der Waals surface area (Å²) < 4.78 is 1.19. The molecular weight excluding hydrogens is 272 g/mol. The Kier molecular flexibility index (Phi) is 2.93. The Bertz CT molecular complexity index is 508. The number of hydrogen-bond donors (Lipinski definition) is 2. The standard InChI is InChI=1S/C10H6Cl3NO2/c11-6-3-5(4-7(12)10(6)13)14-8(15)1-2-9(14)16/h1-4,15-16H. The van der Waals surface area contributed by atoms with E-state index in [0.717, 1.165) is 0 Å². The van der Waals surface area contributed by atoms with E-state index < -0.39 is 0 Å². The van der Waals surface area contributed by atoms with Gasteiger partial charge in [-0.15, -0.1) is 0 Å². The van der Waals surface area contributed by atoms with Gasteiger partial charge < -0.3 is 10.2 Å². The molecular formula is C10H6Cl3NO2. The van der Waals surface area contributed by atoms with E-state index in [1.807, 2.05) is 0 Å². The Morgan fingerprint density at radius 2 is 1.31 bits per heavy atom. The van der Waals surface area contributed by atoms with Gasteiger partial charge in [-0.3, -0.25) is 4.57 Å². The molecule has 0 aliphatic rings. The summed E-state index contributed by atoms with van der Waals surface area (Å²) in [6.45, 7) is 0. The first-order chi connectivity index (χ1) is 7.50. The first-order valence-electron chi connectivity index (χ1n) is 4.25. The van der Waals surface area contributed by atoms with Crippen LogP contribution in [-0.4, -0.2) is 14.8 Å². The SMILES string of the molecule is Oc1ccc(O)n1-c1cc(Cl)c(Cl)c(Cl)c1. The molecule has 16 heavy (non-hydrogen) atoms. The minimum Gasteiger partial charge on any atom is -0.494 e. The maximum Gasteiger partial charge on any atom is 0.198 e. The van der Waals surface area contributed by atoms with Crippen molar-refractivity contribution in [3.8, 4) is 17.4 Å². The van der Waals surface area contributed by atoms with E-state index in [-0.39, 0.29) is 26.8 Å². The molecule has 0 aliphatic carbocycles. The molecule has 1 aromatic carbocycles. The largest absolute Gasteiger partial charge is 0.494 e. The van der Waals surface area contributed by atoms with Crippen molar-refractivity contribution in [3.63, 3.8) is 0 Å². The lowest BCUT2D eigenvalue weighted by molar-refractivity contribution is 0.402. The average Bonchev–Trinajstić information content (AvgIpc) is 2.54. The third-order valence-corrected chi connectivity index (χ3v) is 3.26. The maximum atomic E-state index is 9.52. The van der Waals surface area contributed by atoms with Crippen molar-refractivity contribution in [2.45, 2.75) is 0 Å². The van der Waals surface area contributed by atoms with E-state index in [9.17, 15) is 10.2 Å². The van der Waals surface area contributed by atoms with E-state index in [1.54, 1.807) is 0 Å². The summed E-state index contributed by atoms with van der Waals surface area (Å²) in [5.74, 6) is -0.237. The van der Waals surface area contributed by atoms with Crippen LogP contribution in [0.15, 0.2) is 24.3 Å². The van der Waals surface area contributed by atoms with E-state index in [4.69, 9.17) is 34.8 Å². The third kappa shape index (κ3) is 1.82. The van der Waals surface area contributed by atoms with Gasteiger partial charge in [0.2, 0.25) is 0 Å². The predicted octanol–water partition coefficient (Wildman–Crippen LogP) is 3.85. The summed E-state index contributed by atoms with van der Waals surface area (Å²) in [6.07, 6.45) is 0. The summed E-state index contributed by atoms with van der Waals surface area (Å²) in [4.78, 5) is 0. The van der Waals surface area contributed by atoms with Crippen LogP contribution in [0.1, 0.15) is 0 Å². The molecule has 2 aromatic rings. The molecule has 0 bridgehead atoms. The molecule has 84 valence electrons. The van der Waals surface area contributed by atoms with Gasteiger partial charge in [-0.05, 0) is 12.1 Å². The number of benzene rings is 1. The lowest BCUT2D eigenvalue weighted by atomic mass is 10.3. The highest BCUT2D eigenvalue weighted by atomic mass is 35.5. The van der Waals surface area contributed by atoms with E-state index in [2.05, 4.69) is 0 Å². The number of aromatic hydroxyl groups is 2. The Balaban J connectivity index is 2.66. The minimum absolute atomic E-state index is 0.119. The van der Waals surface area contributed by atoms with Gasteiger partial charge in [-0.2, -0.15) is 0 Å². The first-order valence-corrected chi connectivity index (χ1v) is 5.38. The number of rotatable bonds is 1. The topological polar surface area (TPSA) is 45.4 Å². The molecule has 2 N–H and O–H groups in total. The van der Waals surface area contributed by atoms with Crippen LogP contribution in [0.5, 0.6) is 11.8 Å². The van der Waals surface area contributed by atoms with Gasteiger partial charge in [0.05, 0.1) is 20.8 Å². The Morgan fingerprint density at radius 1 is 0.875 bits per heavy atom. The number of halogens is 3. The number of aromatic nitrogens is 1. The zero-order valence-electron chi connectivity index (χ0n) is 7.78. The minimum atomic E-state index is -0.119. The van der Waals surface area contributed by atoms with Gasteiger partial charge in [-0.25, -0.2) is 0 Å². The van der Waals surface area contributed by atoms with Crippen molar-refractivity contribution in [1.82, 2.24) is 4.57 Å². The van der Waals surface area contributed by atoms with E-state index >= 15 is 0 Å². The number of hydrogen-bond acceptors (Lipinski definition) is 2. The van der Waals surface area contributed by atoms with Crippen molar-refractivity contribution in [3.05, 3.63) is 39.3 Å². The summed E-state index contributed by atoms with van der Waals surface area (Å²) >= 11 is 17.5. The molecule has 6 heteroatoms.